The van der Waals surface area contributed by atoms with Gasteiger partial charge < -0.3 is 4.74 Å². The highest BCUT2D eigenvalue weighted by atomic mass is 35.5. The summed E-state index contributed by atoms with van der Waals surface area (Å²) in [6, 6.07) is 6.16. The van der Waals surface area contributed by atoms with E-state index in [2.05, 4.69) is 41.1 Å². The van der Waals surface area contributed by atoms with Crippen molar-refractivity contribution >= 4 is 37.5 Å². The average molecular weight is 342 g/mol. The lowest BCUT2D eigenvalue weighted by molar-refractivity contribution is 0.343. The molecule has 2 rings (SSSR count). The summed E-state index contributed by atoms with van der Waals surface area (Å²) in [5.74, 6) is 0.880. The van der Waals surface area contributed by atoms with Crippen LogP contribution < -0.4 is 10.0 Å². The fraction of sp³-hybridized carbons (Fsp3) is 0.438. The summed E-state index contributed by atoms with van der Waals surface area (Å²) in [6.45, 7) is 9.31. The molecule has 1 aromatic heterocycles. The molecule has 0 saturated heterocycles. The molecule has 0 fully saturated rings. The first-order valence-corrected chi connectivity index (χ1v) is 8.75. The van der Waals surface area contributed by atoms with Gasteiger partial charge >= 0.3 is 0 Å². The summed E-state index contributed by atoms with van der Waals surface area (Å²) in [5, 5.41) is 1.05. The van der Waals surface area contributed by atoms with Gasteiger partial charge in [0.2, 0.25) is 0 Å². The molecule has 0 spiro atoms. The molecule has 0 bridgehead atoms. The predicted octanol–water partition coefficient (Wildman–Crippen LogP) is 4.95. The average Bonchev–Trinajstić information content (AvgIpc) is 2.71. The van der Waals surface area contributed by atoms with Gasteiger partial charge in [-0.1, -0.05) is 44.5 Å². The van der Waals surface area contributed by atoms with Gasteiger partial charge in [0.15, 0.2) is 4.47 Å². The number of halogens is 1. The SMILES string of the molecule is CCOc1cc(-c2nc(Cl)sc2CC(C)(C)C)ccc1P. The Labute approximate surface area is 138 Å². The van der Waals surface area contributed by atoms with Crippen molar-refractivity contribution in [3.63, 3.8) is 0 Å². The zero-order chi connectivity index (χ0) is 15.6. The third-order valence-electron chi connectivity index (χ3n) is 2.95. The summed E-state index contributed by atoms with van der Waals surface area (Å²) in [4.78, 5) is 5.75. The fourth-order valence-electron chi connectivity index (χ4n) is 2.11. The van der Waals surface area contributed by atoms with E-state index in [4.69, 9.17) is 16.3 Å². The zero-order valence-electron chi connectivity index (χ0n) is 12.9. The second-order valence-corrected chi connectivity index (χ2v) is 8.45. The quantitative estimate of drug-likeness (QED) is 0.734. The van der Waals surface area contributed by atoms with E-state index in [0.717, 1.165) is 28.7 Å². The first kappa shape index (κ1) is 16.7. The minimum Gasteiger partial charge on any atom is -0.493 e. The van der Waals surface area contributed by atoms with Gasteiger partial charge in [0.1, 0.15) is 5.75 Å². The maximum Gasteiger partial charge on any atom is 0.184 e. The number of thiazole rings is 1. The van der Waals surface area contributed by atoms with Crippen LogP contribution in [0.2, 0.25) is 4.47 Å². The van der Waals surface area contributed by atoms with Gasteiger partial charge in [0.25, 0.3) is 0 Å². The van der Waals surface area contributed by atoms with Crippen LogP contribution in [0.15, 0.2) is 18.2 Å². The van der Waals surface area contributed by atoms with Crippen molar-refractivity contribution in [3.8, 4) is 17.0 Å². The molecule has 0 aliphatic heterocycles. The Morgan fingerprint density at radius 2 is 2.05 bits per heavy atom. The van der Waals surface area contributed by atoms with Crippen LogP contribution in [-0.2, 0) is 6.42 Å². The van der Waals surface area contributed by atoms with Gasteiger partial charge in [0.05, 0.1) is 12.3 Å². The van der Waals surface area contributed by atoms with Crippen LogP contribution >= 0.6 is 32.2 Å². The van der Waals surface area contributed by atoms with Crippen molar-refractivity contribution in [1.29, 1.82) is 0 Å². The molecule has 0 saturated carbocycles. The van der Waals surface area contributed by atoms with E-state index >= 15 is 0 Å². The van der Waals surface area contributed by atoms with Crippen LogP contribution in [0.25, 0.3) is 11.3 Å². The molecule has 0 radical (unpaired) electrons. The molecule has 1 aromatic carbocycles. The number of hydrogen-bond acceptors (Lipinski definition) is 3. The van der Waals surface area contributed by atoms with E-state index in [0.29, 0.717) is 11.1 Å². The van der Waals surface area contributed by atoms with Gasteiger partial charge in [-0.2, -0.15) is 0 Å². The molecule has 2 nitrogen and oxygen atoms in total. The fourth-order valence-corrected chi connectivity index (χ4v) is 3.84. The molecule has 1 heterocycles. The molecule has 1 unspecified atom stereocenters. The minimum absolute atomic E-state index is 0.202. The molecular formula is C16H21ClNOPS. The van der Waals surface area contributed by atoms with Crippen LogP contribution in [0.4, 0.5) is 0 Å². The molecule has 0 aliphatic carbocycles. The van der Waals surface area contributed by atoms with Gasteiger partial charge in [-0.3, -0.25) is 0 Å². The Morgan fingerprint density at radius 3 is 2.67 bits per heavy atom. The molecule has 0 N–H and O–H groups in total. The first-order chi connectivity index (χ1) is 9.80. The standard InChI is InChI=1S/C16H21ClNOPS/c1-5-19-11-8-10(6-7-12(11)20)14-13(9-16(2,3)4)21-15(17)18-14/h6-8H,5,9,20H2,1-4H3. The second-order valence-electron chi connectivity index (χ2n) is 6.16. The second kappa shape index (κ2) is 6.64. The molecular weight excluding hydrogens is 321 g/mol. The first-order valence-electron chi connectivity index (χ1n) is 6.98. The van der Waals surface area contributed by atoms with Gasteiger partial charge in [0, 0.05) is 15.7 Å². The van der Waals surface area contributed by atoms with Crippen molar-refractivity contribution in [2.24, 2.45) is 5.41 Å². The normalized spacial score (nSPS) is 11.7. The van der Waals surface area contributed by atoms with Crippen molar-refractivity contribution in [3.05, 3.63) is 27.5 Å². The van der Waals surface area contributed by atoms with Crippen molar-refractivity contribution in [2.75, 3.05) is 6.61 Å². The highest BCUT2D eigenvalue weighted by molar-refractivity contribution is 7.27. The molecule has 5 heteroatoms. The smallest absolute Gasteiger partial charge is 0.184 e. The Kier molecular flexibility index (Phi) is 5.29. The summed E-state index contributed by atoms with van der Waals surface area (Å²) >= 11 is 7.72. The molecule has 1 atom stereocenters. The van der Waals surface area contributed by atoms with Crippen LogP contribution in [0, 0.1) is 5.41 Å². The maximum absolute atomic E-state index is 6.15. The van der Waals surface area contributed by atoms with E-state index in [1.807, 2.05) is 19.1 Å². The summed E-state index contributed by atoms with van der Waals surface area (Å²) in [6.07, 6.45) is 0.958. The third-order valence-corrected chi connectivity index (χ3v) is 4.59. The summed E-state index contributed by atoms with van der Waals surface area (Å²) in [7, 11) is 2.70. The molecule has 114 valence electrons. The lowest BCUT2D eigenvalue weighted by Crippen LogP contribution is -2.09. The highest BCUT2D eigenvalue weighted by Crippen LogP contribution is 2.36. The predicted molar refractivity (Wildman–Crippen MR) is 96.2 cm³/mol. The number of nitrogens with zero attached hydrogens (tertiary/aromatic N) is 1. The van der Waals surface area contributed by atoms with Crippen molar-refractivity contribution in [2.45, 2.75) is 34.1 Å². The highest BCUT2D eigenvalue weighted by Gasteiger charge is 2.19. The van der Waals surface area contributed by atoms with Gasteiger partial charge in [-0.25, -0.2) is 4.98 Å². The molecule has 2 aromatic rings. The topological polar surface area (TPSA) is 22.1 Å². The number of ether oxygens (including phenoxy) is 1. The number of benzene rings is 1. The van der Waals surface area contributed by atoms with Gasteiger partial charge in [-0.05, 0) is 24.8 Å². The summed E-state index contributed by atoms with van der Waals surface area (Å²) < 4.78 is 6.26. The minimum atomic E-state index is 0.202. The molecule has 0 aliphatic rings. The largest absolute Gasteiger partial charge is 0.493 e. The Balaban J connectivity index is 2.44. The van der Waals surface area contributed by atoms with E-state index in [9.17, 15) is 0 Å². The Morgan fingerprint density at radius 1 is 1.33 bits per heavy atom. The number of aromatic nitrogens is 1. The van der Waals surface area contributed by atoms with Crippen LogP contribution in [-0.4, -0.2) is 11.6 Å². The maximum atomic E-state index is 6.15. The van der Waals surface area contributed by atoms with Crippen LogP contribution in [0.5, 0.6) is 5.75 Å². The van der Waals surface area contributed by atoms with Crippen LogP contribution in [0.1, 0.15) is 32.6 Å². The van der Waals surface area contributed by atoms with E-state index < -0.39 is 0 Å². The number of rotatable bonds is 4. The Hall–Kier alpha value is -0.630. The molecule has 0 amide bonds. The monoisotopic (exact) mass is 341 g/mol. The third kappa shape index (κ3) is 4.42. The zero-order valence-corrected chi connectivity index (χ0v) is 15.6. The van der Waals surface area contributed by atoms with Crippen molar-refractivity contribution < 1.29 is 4.74 Å². The van der Waals surface area contributed by atoms with E-state index in [1.165, 1.54) is 4.88 Å². The summed E-state index contributed by atoms with van der Waals surface area (Å²) in [5.41, 5.74) is 2.24. The molecule has 21 heavy (non-hydrogen) atoms. The van der Waals surface area contributed by atoms with Crippen molar-refractivity contribution in [1.82, 2.24) is 4.98 Å². The Bertz CT molecular complexity index is 634. The van der Waals surface area contributed by atoms with Crippen LogP contribution in [0.3, 0.4) is 0 Å². The van der Waals surface area contributed by atoms with Gasteiger partial charge in [-0.15, -0.1) is 20.6 Å². The van der Waals surface area contributed by atoms with E-state index in [-0.39, 0.29) is 5.41 Å². The van der Waals surface area contributed by atoms with E-state index in [1.54, 1.807) is 11.3 Å². The lowest BCUT2D eigenvalue weighted by Gasteiger charge is -2.17. The number of hydrogen-bond donors (Lipinski definition) is 0. The lowest BCUT2D eigenvalue weighted by atomic mass is 9.90.